The number of tetrazole rings is 1. The summed E-state index contributed by atoms with van der Waals surface area (Å²) in [6.45, 7) is 2.80. The molecule has 0 saturated heterocycles. The quantitative estimate of drug-likeness (QED) is 0.547. The van der Waals surface area contributed by atoms with Crippen LogP contribution in [0, 0.1) is 5.92 Å². The maximum Gasteiger partial charge on any atom is 0.233 e. The summed E-state index contributed by atoms with van der Waals surface area (Å²) < 4.78 is 1.67. The number of para-hydroxylation sites is 1. The molecular weight excluding hydrogens is 370 g/mol. The number of hydrogen-bond donors (Lipinski definition) is 0. The summed E-state index contributed by atoms with van der Waals surface area (Å²) in [4.78, 5) is 15.1. The Morgan fingerprint density at radius 2 is 1.82 bits per heavy atom. The van der Waals surface area contributed by atoms with Gasteiger partial charge in [0.1, 0.15) is 0 Å². The fourth-order valence-corrected chi connectivity index (χ4v) is 4.06. The molecule has 1 unspecified atom stereocenters. The van der Waals surface area contributed by atoms with Crippen LogP contribution in [0.4, 0.5) is 0 Å². The van der Waals surface area contributed by atoms with Crippen LogP contribution in [0.15, 0.2) is 65.8 Å². The second-order valence-corrected chi connectivity index (χ2v) is 8.03. The Morgan fingerprint density at radius 1 is 1.14 bits per heavy atom. The van der Waals surface area contributed by atoms with Gasteiger partial charge >= 0.3 is 0 Å². The molecule has 28 heavy (non-hydrogen) atoms. The molecule has 7 heteroatoms. The van der Waals surface area contributed by atoms with Crippen molar-refractivity contribution in [1.82, 2.24) is 25.1 Å². The lowest BCUT2D eigenvalue weighted by Gasteiger charge is -2.29. The number of carbonyl (C=O) groups is 1. The van der Waals surface area contributed by atoms with E-state index in [-0.39, 0.29) is 11.9 Å². The SMILES string of the molecule is CC(C1CC1)N(Cc1ccccc1)C(=O)CSc1nnnn1-c1ccccc1. The van der Waals surface area contributed by atoms with Crippen LogP contribution in [-0.4, -0.2) is 42.8 Å². The maximum absolute atomic E-state index is 13.1. The summed E-state index contributed by atoms with van der Waals surface area (Å²) >= 11 is 1.38. The first-order chi connectivity index (χ1) is 13.7. The van der Waals surface area contributed by atoms with Crippen molar-refractivity contribution in [2.24, 2.45) is 5.92 Å². The third kappa shape index (κ3) is 4.42. The standard InChI is InChI=1S/C21H23N5OS/c1-16(18-12-13-18)25(14-17-8-4-2-5-9-17)20(27)15-28-21-22-23-24-26(21)19-10-6-3-7-11-19/h2-11,16,18H,12-15H2,1H3. The van der Waals surface area contributed by atoms with Crippen molar-refractivity contribution in [2.75, 3.05) is 5.75 Å². The van der Waals surface area contributed by atoms with Crippen LogP contribution in [0.1, 0.15) is 25.3 Å². The van der Waals surface area contributed by atoms with Crippen molar-refractivity contribution in [1.29, 1.82) is 0 Å². The molecule has 1 amide bonds. The lowest BCUT2D eigenvalue weighted by atomic mass is 10.1. The van der Waals surface area contributed by atoms with Crippen molar-refractivity contribution in [2.45, 2.75) is 37.5 Å². The summed E-state index contributed by atoms with van der Waals surface area (Å²) in [5.74, 6) is 1.06. The highest BCUT2D eigenvalue weighted by Crippen LogP contribution is 2.36. The van der Waals surface area contributed by atoms with E-state index in [9.17, 15) is 4.79 Å². The molecule has 3 aromatic rings. The predicted molar refractivity (Wildman–Crippen MR) is 109 cm³/mol. The second kappa shape index (κ2) is 8.56. The number of hydrogen-bond acceptors (Lipinski definition) is 5. The largest absolute Gasteiger partial charge is 0.335 e. The molecule has 1 aliphatic carbocycles. The molecule has 1 heterocycles. The molecule has 2 aromatic carbocycles. The topological polar surface area (TPSA) is 63.9 Å². The van der Waals surface area contributed by atoms with Gasteiger partial charge < -0.3 is 4.90 Å². The van der Waals surface area contributed by atoms with E-state index in [0.29, 0.717) is 23.4 Å². The van der Waals surface area contributed by atoms with Gasteiger partial charge in [0, 0.05) is 12.6 Å². The zero-order valence-corrected chi connectivity index (χ0v) is 16.6. The van der Waals surface area contributed by atoms with Crippen molar-refractivity contribution in [3.8, 4) is 5.69 Å². The number of thioether (sulfide) groups is 1. The van der Waals surface area contributed by atoms with E-state index in [0.717, 1.165) is 11.3 Å². The minimum Gasteiger partial charge on any atom is -0.335 e. The van der Waals surface area contributed by atoms with Crippen molar-refractivity contribution >= 4 is 17.7 Å². The molecule has 0 aliphatic heterocycles. The van der Waals surface area contributed by atoms with Gasteiger partial charge in [0.05, 0.1) is 11.4 Å². The minimum absolute atomic E-state index is 0.121. The molecule has 1 aliphatic rings. The smallest absolute Gasteiger partial charge is 0.233 e. The zero-order valence-electron chi connectivity index (χ0n) is 15.8. The number of rotatable bonds is 8. The van der Waals surface area contributed by atoms with Gasteiger partial charge in [-0.2, -0.15) is 4.68 Å². The highest BCUT2D eigenvalue weighted by atomic mass is 32.2. The number of nitrogens with zero attached hydrogens (tertiary/aromatic N) is 5. The monoisotopic (exact) mass is 393 g/mol. The van der Waals surface area contributed by atoms with E-state index in [1.54, 1.807) is 4.68 Å². The molecule has 1 atom stereocenters. The zero-order chi connectivity index (χ0) is 19.3. The summed E-state index contributed by atoms with van der Waals surface area (Å²) in [5, 5.41) is 12.6. The average Bonchev–Trinajstić information content (AvgIpc) is 3.49. The first-order valence-electron chi connectivity index (χ1n) is 9.52. The van der Waals surface area contributed by atoms with Gasteiger partial charge in [-0.15, -0.1) is 5.10 Å². The van der Waals surface area contributed by atoms with E-state index >= 15 is 0 Å². The number of benzene rings is 2. The summed E-state index contributed by atoms with van der Waals surface area (Å²) in [7, 11) is 0. The van der Waals surface area contributed by atoms with Crippen LogP contribution in [-0.2, 0) is 11.3 Å². The van der Waals surface area contributed by atoms with Gasteiger partial charge in [0.15, 0.2) is 0 Å². The van der Waals surface area contributed by atoms with Crippen LogP contribution in [0.3, 0.4) is 0 Å². The summed E-state index contributed by atoms with van der Waals surface area (Å²) in [6, 6.07) is 20.1. The Kier molecular flexibility index (Phi) is 5.71. The molecule has 1 saturated carbocycles. The molecule has 0 spiro atoms. The summed E-state index contributed by atoms with van der Waals surface area (Å²) in [6.07, 6.45) is 2.41. The second-order valence-electron chi connectivity index (χ2n) is 7.08. The van der Waals surface area contributed by atoms with Crippen molar-refractivity contribution < 1.29 is 4.79 Å². The maximum atomic E-state index is 13.1. The Bertz CT molecular complexity index is 911. The van der Waals surface area contributed by atoms with Gasteiger partial charge in [-0.25, -0.2) is 0 Å². The predicted octanol–water partition coefficient (Wildman–Crippen LogP) is 3.58. The molecule has 1 fully saturated rings. The van der Waals surface area contributed by atoms with Crippen LogP contribution in [0.25, 0.3) is 5.69 Å². The third-order valence-electron chi connectivity index (χ3n) is 5.08. The van der Waals surface area contributed by atoms with E-state index in [1.807, 2.05) is 53.4 Å². The van der Waals surface area contributed by atoms with Crippen LogP contribution in [0.5, 0.6) is 0 Å². The summed E-state index contributed by atoms with van der Waals surface area (Å²) in [5.41, 5.74) is 2.04. The molecule has 6 nitrogen and oxygen atoms in total. The molecular formula is C21H23N5OS. The van der Waals surface area contributed by atoms with E-state index in [4.69, 9.17) is 0 Å². The van der Waals surface area contributed by atoms with Gasteiger partial charge in [0.2, 0.25) is 11.1 Å². The molecule has 4 rings (SSSR count). The van der Waals surface area contributed by atoms with Crippen LogP contribution in [0.2, 0.25) is 0 Å². The fourth-order valence-electron chi connectivity index (χ4n) is 3.28. The molecule has 144 valence electrons. The lowest BCUT2D eigenvalue weighted by molar-refractivity contribution is -0.131. The highest BCUT2D eigenvalue weighted by molar-refractivity contribution is 7.99. The van der Waals surface area contributed by atoms with Gasteiger partial charge in [-0.05, 0) is 53.8 Å². The molecule has 1 aromatic heterocycles. The number of carbonyl (C=O) groups excluding carboxylic acids is 1. The molecule has 0 N–H and O–H groups in total. The Hall–Kier alpha value is -2.67. The third-order valence-corrected chi connectivity index (χ3v) is 5.98. The van der Waals surface area contributed by atoms with Crippen molar-refractivity contribution in [3.05, 3.63) is 66.2 Å². The average molecular weight is 394 g/mol. The first kappa shape index (κ1) is 18.7. The van der Waals surface area contributed by atoms with E-state index in [1.165, 1.54) is 24.6 Å². The number of amides is 1. The number of aromatic nitrogens is 4. The lowest BCUT2D eigenvalue weighted by Crippen LogP contribution is -2.40. The van der Waals surface area contributed by atoms with Gasteiger partial charge in [-0.1, -0.05) is 60.3 Å². The first-order valence-corrected chi connectivity index (χ1v) is 10.5. The highest BCUT2D eigenvalue weighted by Gasteiger charge is 2.34. The van der Waals surface area contributed by atoms with E-state index < -0.39 is 0 Å². The van der Waals surface area contributed by atoms with Crippen LogP contribution < -0.4 is 0 Å². The minimum atomic E-state index is 0.121. The Morgan fingerprint density at radius 3 is 2.50 bits per heavy atom. The van der Waals surface area contributed by atoms with Gasteiger partial charge in [0.25, 0.3) is 0 Å². The normalized spacial score (nSPS) is 14.6. The fraction of sp³-hybridized carbons (Fsp3) is 0.333. The van der Waals surface area contributed by atoms with E-state index in [2.05, 4.69) is 34.6 Å². The molecule has 0 bridgehead atoms. The Balaban J connectivity index is 1.46. The van der Waals surface area contributed by atoms with Gasteiger partial charge in [-0.3, -0.25) is 4.79 Å². The molecule has 0 radical (unpaired) electrons. The Labute approximate surface area is 168 Å². The van der Waals surface area contributed by atoms with Crippen LogP contribution >= 0.6 is 11.8 Å². The van der Waals surface area contributed by atoms with Crippen molar-refractivity contribution in [3.63, 3.8) is 0 Å².